The van der Waals surface area contributed by atoms with E-state index in [1.54, 1.807) is 13.3 Å². The van der Waals surface area contributed by atoms with E-state index in [9.17, 15) is 9.59 Å². The monoisotopic (exact) mass is 380 g/mol. The van der Waals surface area contributed by atoms with Crippen LogP contribution in [-0.4, -0.2) is 27.5 Å². The van der Waals surface area contributed by atoms with E-state index in [2.05, 4.69) is 15.8 Å². The van der Waals surface area contributed by atoms with Crippen molar-refractivity contribution in [3.05, 3.63) is 59.9 Å². The molecule has 28 heavy (non-hydrogen) atoms. The largest absolute Gasteiger partial charge is 0.481 e. The minimum Gasteiger partial charge on any atom is -0.481 e. The molecule has 2 amide bonds. The molecule has 0 spiro atoms. The lowest BCUT2D eigenvalue weighted by atomic mass is 10.1. The Hall–Kier alpha value is -3.35. The summed E-state index contributed by atoms with van der Waals surface area (Å²) in [6.07, 6.45) is 1.18. The second-order valence-electron chi connectivity index (χ2n) is 6.67. The second kappa shape index (κ2) is 8.56. The van der Waals surface area contributed by atoms with Crippen molar-refractivity contribution >= 4 is 22.8 Å². The summed E-state index contributed by atoms with van der Waals surface area (Å²) in [6.45, 7) is 6.03. The highest BCUT2D eigenvalue weighted by molar-refractivity contribution is 5.84. The van der Waals surface area contributed by atoms with Crippen molar-refractivity contribution in [2.75, 3.05) is 0 Å². The van der Waals surface area contributed by atoms with Crippen LogP contribution in [0.15, 0.2) is 48.8 Å². The number of imidazole rings is 1. The van der Waals surface area contributed by atoms with Gasteiger partial charge in [0.05, 0.1) is 17.4 Å². The first-order valence-corrected chi connectivity index (χ1v) is 9.17. The average Bonchev–Trinajstić information content (AvgIpc) is 3.11. The number of hydrazine groups is 1. The van der Waals surface area contributed by atoms with Crippen LogP contribution < -0.4 is 15.6 Å². The van der Waals surface area contributed by atoms with Gasteiger partial charge in [0, 0.05) is 13.0 Å². The maximum Gasteiger partial charge on any atom is 0.279 e. The molecular weight excluding hydrogens is 356 g/mol. The van der Waals surface area contributed by atoms with Gasteiger partial charge in [-0.15, -0.1) is 0 Å². The number of fused-ring (bicyclic) bond motifs is 1. The molecular formula is C21H24N4O3. The third-order valence-electron chi connectivity index (χ3n) is 4.66. The molecule has 1 atom stereocenters. The molecule has 0 aliphatic rings. The minimum absolute atomic E-state index is 0.215. The quantitative estimate of drug-likeness (QED) is 0.644. The zero-order valence-corrected chi connectivity index (χ0v) is 16.2. The van der Waals surface area contributed by atoms with E-state index >= 15 is 0 Å². The third-order valence-corrected chi connectivity index (χ3v) is 4.66. The zero-order chi connectivity index (χ0) is 20.1. The fourth-order valence-electron chi connectivity index (χ4n) is 2.80. The number of para-hydroxylation sites is 2. The summed E-state index contributed by atoms with van der Waals surface area (Å²) in [5.74, 6) is -0.0478. The molecule has 0 radical (unpaired) electrons. The number of hydrogen-bond acceptors (Lipinski definition) is 4. The van der Waals surface area contributed by atoms with Gasteiger partial charge in [0.15, 0.2) is 6.10 Å². The Balaban J connectivity index is 1.47. The number of rotatable bonds is 6. The number of carbonyl (C=O) groups excluding carboxylic acids is 2. The molecule has 7 nitrogen and oxygen atoms in total. The summed E-state index contributed by atoms with van der Waals surface area (Å²) in [5.41, 5.74) is 8.77. The van der Waals surface area contributed by atoms with Crippen LogP contribution in [0.5, 0.6) is 5.75 Å². The van der Waals surface area contributed by atoms with Gasteiger partial charge in [0.1, 0.15) is 5.75 Å². The van der Waals surface area contributed by atoms with Gasteiger partial charge in [-0.2, -0.15) is 0 Å². The van der Waals surface area contributed by atoms with E-state index < -0.39 is 12.0 Å². The first kappa shape index (κ1) is 19.4. The van der Waals surface area contributed by atoms with Crippen molar-refractivity contribution in [3.63, 3.8) is 0 Å². The lowest BCUT2D eigenvalue weighted by Crippen LogP contribution is -2.47. The first-order chi connectivity index (χ1) is 13.5. The summed E-state index contributed by atoms with van der Waals surface area (Å²) < 4.78 is 7.62. The lowest BCUT2D eigenvalue weighted by Gasteiger charge is -2.17. The Morgan fingerprint density at radius 1 is 1.11 bits per heavy atom. The number of nitrogens with zero attached hydrogens (tertiary/aromatic N) is 2. The van der Waals surface area contributed by atoms with Crippen molar-refractivity contribution in [2.45, 2.75) is 39.8 Å². The molecule has 1 aromatic heterocycles. The molecule has 0 fully saturated rings. The minimum atomic E-state index is -0.738. The maximum atomic E-state index is 12.2. The van der Waals surface area contributed by atoms with E-state index in [1.165, 1.54) is 0 Å². The zero-order valence-electron chi connectivity index (χ0n) is 16.2. The highest BCUT2D eigenvalue weighted by atomic mass is 16.5. The van der Waals surface area contributed by atoms with Gasteiger partial charge >= 0.3 is 0 Å². The number of nitrogens with one attached hydrogen (secondary N) is 2. The normalized spacial score (nSPS) is 11.8. The molecule has 3 aromatic rings. The van der Waals surface area contributed by atoms with E-state index in [1.807, 2.05) is 60.9 Å². The lowest BCUT2D eigenvalue weighted by molar-refractivity contribution is -0.132. The SMILES string of the molecule is Cc1cccc(OC(C)C(=O)NNC(=O)CCn2cnc3ccccc32)c1C. The summed E-state index contributed by atoms with van der Waals surface area (Å²) in [5, 5.41) is 0. The average molecular weight is 380 g/mol. The van der Waals surface area contributed by atoms with Crippen molar-refractivity contribution in [1.82, 2.24) is 20.4 Å². The number of aromatic nitrogens is 2. The van der Waals surface area contributed by atoms with Crippen LogP contribution in [0.1, 0.15) is 24.5 Å². The maximum absolute atomic E-state index is 12.2. The predicted octanol–water partition coefficient (Wildman–Crippen LogP) is 2.66. The molecule has 3 rings (SSSR count). The van der Waals surface area contributed by atoms with Crippen molar-refractivity contribution < 1.29 is 14.3 Å². The molecule has 0 bridgehead atoms. The Labute approximate surface area is 163 Å². The van der Waals surface area contributed by atoms with Crippen LogP contribution >= 0.6 is 0 Å². The van der Waals surface area contributed by atoms with Gasteiger partial charge in [-0.25, -0.2) is 4.98 Å². The number of carbonyl (C=O) groups is 2. The van der Waals surface area contributed by atoms with Crippen LogP contribution in [0.3, 0.4) is 0 Å². The van der Waals surface area contributed by atoms with E-state index in [-0.39, 0.29) is 12.3 Å². The van der Waals surface area contributed by atoms with Crippen LogP contribution in [-0.2, 0) is 16.1 Å². The van der Waals surface area contributed by atoms with Crippen molar-refractivity contribution in [3.8, 4) is 5.75 Å². The first-order valence-electron chi connectivity index (χ1n) is 9.17. The van der Waals surface area contributed by atoms with Gasteiger partial charge in [-0.05, 0) is 50.1 Å². The van der Waals surface area contributed by atoms with E-state index in [0.29, 0.717) is 12.3 Å². The van der Waals surface area contributed by atoms with Gasteiger partial charge in [0.2, 0.25) is 5.91 Å². The second-order valence-corrected chi connectivity index (χ2v) is 6.67. The Morgan fingerprint density at radius 3 is 2.71 bits per heavy atom. The van der Waals surface area contributed by atoms with Gasteiger partial charge < -0.3 is 9.30 Å². The van der Waals surface area contributed by atoms with Crippen LogP contribution in [0, 0.1) is 13.8 Å². The number of ether oxygens (including phenoxy) is 1. The molecule has 2 aromatic carbocycles. The Morgan fingerprint density at radius 2 is 1.89 bits per heavy atom. The topological polar surface area (TPSA) is 85.3 Å². The molecule has 146 valence electrons. The van der Waals surface area contributed by atoms with Crippen molar-refractivity contribution in [2.24, 2.45) is 0 Å². The number of amides is 2. The molecule has 0 aliphatic carbocycles. The predicted molar refractivity (Wildman–Crippen MR) is 107 cm³/mol. The van der Waals surface area contributed by atoms with Crippen LogP contribution in [0.2, 0.25) is 0 Å². The highest BCUT2D eigenvalue weighted by Crippen LogP contribution is 2.21. The Kier molecular flexibility index (Phi) is 5.93. The summed E-state index contributed by atoms with van der Waals surface area (Å²) in [4.78, 5) is 28.5. The van der Waals surface area contributed by atoms with Gasteiger partial charge in [-0.3, -0.25) is 20.4 Å². The molecule has 1 heterocycles. The molecule has 0 saturated heterocycles. The van der Waals surface area contributed by atoms with Crippen LogP contribution in [0.25, 0.3) is 11.0 Å². The molecule has 1 unspecified atom stereocenters. The molecule has 0 saturated carbocycles. The fourth-order valence-corrected chi connectivity index (χ4v) is 2.80. The van der Waals surface area contributed by atoms with Gasteiger partial charge in [-0.1, -0.05) is 24.3 Å². The summed E-state index contributed by atoms with van der Waals surface area (Å²) in [6, 6.07) is 13.4. The van der Waals surface area contributed by atoms with E-state index in [0.717, 1.165) is 22.2 Å². The molecule has 0 aliphatic heterocycles. The smallest absolute Gasteiger partial charge is 0.279 e. The number of hydrogen-bond donors (Lipinski definition) is 2. The number of benzene rings is 2. The standard InChI is InChI=1S/C21H24N4O3/c1-14-7-6-10-19(15(14)2)28-16(3)21(27)24-23-20(26)11-12-25-13-22-17-8-4-5-9-18(17)25/h4-10,13,16H,11-12H2,1-3H3,(H,23,26)(H,24,27). The third kappa shape index (κ3) is 4.49. The summed E-state index contributed by atoms with van der Waals surface area (Å²) in [7, 11) is 0. The van der Waals surface area contributed by atoms with Crippen molar-refractivity contribution in [1.29, 1.82) is 0 Å². The van der Waals surface area contributed by atoms with Gasteiger partial charge in [0.25, 0.3) is 5.91 Å². The Bertz CT molecular complexity index is 996. The highest BCUT2D eigenvalue weighted by Gasteiger charge is 2.16. The summed E-state index contributed by atoms with van der Waals surface area (Å²) >= 11 is 0. The molecule has 2 N–H and O–H groups in total. The fraction of sp³-hybridized carbons (Fsp3) is 0.286. The van der Waals surface area contributed by atoms with E-state index in [4.69, 9.17) is 4.74 Å². The molecule has 7 heteroatoms. The number of aryl methyl sites for hydroxylation is 2. The van der Waals surface area contributed by atoms with Crippen LogP contribution in [0.4, 0.5) is 0 Å².